The van der Waals surface area contributed by atoms with E-state index in [0.717, 1.165) is 6.07 Å². The average molecular weight is 383 g/mol. The molecule has 2 rings (SSSR count). The van der Waals surface area contributed by atoms with Crippen molar-refractivity contribution in [1.29, 1.82) is 0 Å². The van der Waals surface area contributed by atoms with Gasteiger partial charge in [-0.05, 0) is 43.9 Å². The highest BCUT2D eigenvalue weighted by molar-refractivity contribution is 5.90. The van der Waals surface area contributed by atoms with E-state index < -0.39 is 23.6 Å². The predicted molar refractivity (Wildman–Crippen MR) is 95.8 cm³/mol. The molecule has 0 heterocycles. The summed E-state index contributed by atoms with van der Waals surface area (Å²) in [5.41, 5.74) is -0.536. The SMILES string of the molecule is CN(C)CCN(Cc1ccc(F)cc1)C(=O)Nc1ccccc1C(F)(F)F. The summed E-state index contributed by atoms with van der Waals surface area (Å²) in [5, 5.41) is 2.35. The molecule has 2 aromatic carbocycles. The minimum atomic E-state index is -4.57. The van der Waals surface area contributed by atoms with E-state index in [4.69, 9.17) is 0 Å². The van der Waals surface area contributed by atoms with Gasteiger partial charge in [-0.1, -0.05) is 24.3 Å². The van der Waals surface area contributed by atoms with Crippen LogP contribution in [0.15, 0.2) is 48.5 Å². The summed E-state index contributed by atoms with van der Waals surface area (Å²) in [6.45, 7) is 0.966. The van der Waals surface area contributed by atoms with Gasteiger partial charge in [-0.15, -0.1) is 0 Å². The minimum absolute atomic E-state index is 0.147. The summed E-state index contributed by atoms with van der Waals surface area (Å²) in [5.74, 6) is -0.401. The Morgan fingerprint density at radius 1 is 1.00 bits per heavy atom. The first-order chi connectivity index (χ1) is 12.7. The van der Waals surface area contributed by atoms with Gasteiger partial charge in [0.25, 0.3) is 0 Å². The van der Waals surface area contributed by atoms with Gasteiger partial charge in [0.15, 0.2) is 0 Å². The van der Waals surface area contributed by atoms with E-state index in [-0.39, 0.29) is 12.2 Å². The van der Waals surface area contributed by atoms with E-state index in [1.165, 1.54) is 47.4 Å². The first kappa shape index (κ1) is 20.7. The molecular formula is C19H21F4N3O. The van der Waals surface area contributed by atoms with Crippen LogP contribution in [0.4, 0.5) is 28.0 Å². The Morgan fingerprint density at radius 2 is 1.63 bits per heavy atom. The van der Waals surface area contributed by atoms with Crippen molar-refractivity contribution in [3.63, 3.8) is 0 Å². The molecule has 0 aliphatic carbocycles. The van der Waals surface area contributed by atoms with Gasteiger partial charge in [-0.25, -0.2) is 9.18 Å². The third kappa shape index (κ3) is 6.25. The van der Waals surface area contributed by atoms with Crippen molar-refractivity contribution in [1.82, 2.24) is 9.80 Å². The van der Waals surface area contributed by atoms with E-state index in [9.17, 15) is 22.4 Å². The molecule has 0 saturated heterocycles. The summed E-state index contributed by atoms with van der Waals surface area (Å²) < 4.78 is 52.5. The molecule has 146 valence electrons. The van der Waals surface area contributed by atoms with Crippen molar-refractivity contribution in [2.75, 3.05) is 32.5 Å². The number of hydrogen-bond donors (Lipinski definition) is 1. The third-order valence-electron chi connectivity index (χ3n) is 3.87. The number of likely N-dealkylation sites (N-methyl/N-ethyl adjacent to an activating group) is 1. The van der Waals surface area contributed by atoms with E-state index >= 15 is 0 Å². The molecule has 0 unspecified atom stereocenters. The number of amides is 2. The number of nitrogens with zero attached hydrogens (tertiary/aromatic N) is 2. The van der Waals surface area contributed by atoms with Gasteiger partial charge < -0.3 is 15.1 Å². The van der Waals surface area contributed by atoms with Crippen LogP contribution in [0.5, 0.6) is 0 Å². The zero-order valence-corrected chi connectivity index (χ0v) is 15.1. The number of halogens is 4. The highest BCUT2D eigenvalue weighted by Gasteiger charge is 2.33. The molecule has 0 aliphatic rings. The average Bonchev–Trinajstić information content (AvgIpc) is 2.59. The van der Waals surface area contributed by atoms with Gasteiger partial charge >= 0.3 is 12.2 Å². The minimum Gasteiger partial charge on any atom is -0.319 e. The monoisotopic (exact) mass is 383 g/mol. The van der Waals surface area contributed by atoms with Crippen LogP contribution in [0.3, 0.4) is 0 Å². The number of carbonyl (C=O) groups is 1. The summed E-state index contributed by atoms with van der Waals surface area (Å²) in [7, 11) is 3.65. The highest BCUT2D eigenvalue weighted by atomic mass is 19.4. The van der Waals surface area contributed by atoms with E-state index in [2.05, 4.69) is 5.32 Å². The molecular weight excluding hydrogens is 362 g/mol. The maximum absolute atomic E-state index is 13.1. The molecule has 4 nitrogen and oxygen atoms in total. The Bertz CT molecular complexity index is 760. The lowest BCUT2D eigenvalue weighted by molar-refractivity contribution is -0.136. The summed E-state index contributed by atoms with van der Waals surface area (Å²) in [4.78, 5) is 15.9. The predicted octanol–water partition coefficient (Wildman–Crippen LogP) is 4.44. The zero-order chi connectivity index (χ0) is 20.0. The van der Waals surface area contributed by atoms with E-state index in [0.29, 0.717) is 18.7 Å². The van der Waals surface area contributed by atoms with Crippen molar-refractivity contribution in [2.45, 2.75) is 12.7 Å². The lowest BCUT2D eigenvalue weighted by Crippen LogP contribution is -2.39. The van der Waals surface area contributed by atoms with Crippen LogP contribution in [-0.4, -0.2) is 43.0 Å². The van der Waals surface area contributed by atoms with Gasteiger partial charge in [-0.3, -0.25) is 0 Å². The number of urea groups is 1. The molecule has 0 saturated carbocycles. The first-order valence-electron chi connectivity index (χ1n) is 8.28. The second kappa shape index (κ2) is 8.85. The standard InChI is InChI=1S/C19H21F4N3O/c1-25(2)11-12-26(13-14-7-9-15(20)10-8-14)18(27)24-17-6-4-3-5-16(17)19(21,22)23/h3-10H,11-13H2,1-2H3,(H,24,27). The van der Waals surface area contributed by atoms with Gasteiger partial charge in [0.05, 0.1) is 11.3 Å². The molecule has 27 heavy (non-hydrogen) atoms. The Morgan fingerprint density at radius 3 is 2.22 bits per heavy atom. The molecule has 1 N–H and O–H groups in total. The number of alkyl halides is 3. The molecule has 8 heteroatoms. The topological polar surface area (TPSA) is 35.6 Å². The lowest BCUT2D eigenvalue weighted by Gasteiger charge is -2.25. The van der Waals surface area contributed by atoms with Gasteiger partial charge in [0.1, 0.15) is 5.82 Å². The Balaban J connectivity index is 2.19. The quantitative estimate of drug-likeness (QED) is 0.749. The number of benzene rings is 2. The van der Waals surface area contributed by atoms with Gasteiger partial charge in [0.2, 0.25) is 0 Å². The maximum Gasteiger partial charge on any atom is 0.418 e. The van der Waals surface area contributed by atoms with Crippen molar-refractivity contribution in [3.05, 3.63) is 65.5 Å². The van der Waals surface area contributed by atoms with E-state index in [1.807, 2.05) is 19.0 Å². The smallest absolute Gasteiger partial charge is 0.319 e. The van der Waals surface area contributed by atoms with E-state index in [1.54, 1.807) is 0 Å². The lowest BCUT2D eigenvalue weighted by atomic mass is 10.1. The first-order valence-corrected chi connectivity index (χ1v) is 8.28. The van der Waals surface area contributed by atoms with Crippen LogP contribution in [0, 0.1) is 5.82 Å². The number of nitrogens with one attached hydrogen (secondary N) is 1. The third-order valence-corrected chi connectivity index (χ3v) is 3.87. The van der Waals surface area contributed by atoms with Crippen molar-refractivity contribution < 1.29 is 22.4 Å². The molecule has 0 radical (unpaired) electrons. The summed E-state index contributed by atoms with van der Waals surface area (Å²) in [6, 6.07) is 9.78. The van der Waals surface area contributed by atoms with Crippen molar-refractivity contribution in [3.8, 4) is 0 Å². The number of carbonyl (C=O) groups excluding carboxylic acids is 1. The Kier molecular flexibility index (Phi) is 6.79. The maximum atomic E-state index is 13.1. The number of anilines is 1. The zero-order valence-electron chi connectivity index (χ0n) is 15.1. The molecule has 2 amide bonds. The largest absolute Gasteiger partial charge is 0.418 e. The molecule has 0 aromatic heterocycles. The van der Waals surface area contributed by atoms with Crippen LogP contribution in [0.1, 0.15) is 11.1 Å². The van der Waals surface area contributed by atoms with Crippen LogP contribution < -0.4 is 5.32 Å². The molecule has 2 aromatic rings. The van der Waals surface area contributed by atoms with Crippen LogP contribution in [0.25, 0.3) is 0 Å². The molecule has 0 aliphatic heterocycles. The Labute approximate surface area is 155 Å². The second-order valence-electron chi connectivity index (χ2n) is 6.32. The molecule has 0 bridgehead atoms. The normalized spacial score (nSPS) is 11.5. The van der Waals surface area contributed by atoms with Crippen molar-refractivity contribution in [2.24, 2.45) is 0 Å². The fraction of sp³-hybridized carbons (Fsp3) is 0.316. The number of para-hydroxylation sites is 1. The van der Waals surface area contributed by atoms with Gasteiger partial charge in [-0.2, -0.15) is 13.2 Å². The number of rotatable bonds is 6. The number of hydrogen-bond acceptors (Lipinski definition) is 2. The second-order valence-corrected chi connectivity index (χ2v) is 6.32. The Hall–Kier alpha value is -2.61. The summed E-state index contributed by atoms with van der Waals surface area (Å²) >= 11 is 0. The molecule has 0 spiro atoms. The van der Waals surface area contributed by atoms with Crippen LogP contribution >= 0.6 is 0 Å². The van der Waals surface area contributed by atoms with Crippen molar-refractivity contribution >= 4 is 11.7 Å². The van der Waals surface area contributed by atoms with Crippen LogP contribution in [-0.2, 0) is 12.7 Å². The summed E-state index contributed by atoms with van der Waals surface area (Å²) in [6.07, 6.45) is -4.57. The fourth-order valence-corrected chi connectivity index (χ4v) is 2.42. The molecule has 0 atom stereocenters. The van der Waals surface area contributed by atoms with Crippen LogP contribution in [0.2, 0.25) is 0 Å². The van der Waals surface area contributed by atoms with Gasteiger partial charge in [0, 0.05) is 19.6 Å². The highest BCUT2D eigenvalue weighted by Crippen LogP contribution is 2.34. The fourth-order valence-electron chi connectivity index (χ4n) is 2.42. The molecule has 0 fully saturated rings.